The van der Waals surface area contributed by atoms with E-state index in [0.29, 0.717) is 34.8 Å². The number of methoxy groups -OCH3 is 2. The van der Waals surface area contributed by atoms with Crippen LogP contribution in [0.2, 0.25) is 5.02 Å². The summed E-state index contributed by atoms with van der Waals surface area (Å²) >= 11 is 5.90. The van der Waals surface area contributed by atoms with Crippen molar-refractivity contribution in [3.05, 3.63) is 47.3 Å². The van der Waals surface area contributed by atoms with E-state index >= 15 is 0 Å². The second kappa shape index (κ2) is 11.8. The highest BCUT2D eigenvalue weighted by Crippen LogP contribution is 2.28. The SMILES string of the molecule is CCN1CCC[C@H]1Cn1c(CS(=O)(=O)[C@@H](C)[C@H](OC)c2ncc(Cl)cn2)nnc1-c1cccc(OC)n1. The van der Waals surface area contributed by atoms with Gasteiger partial charge in [-0.05, 0) is 38.9 Å². The third kappa shape index (κ3) is 6.08. The minimum Gasteiger partial charge on any atom is -0.481 e. The fraction of sp³-hybridized carbons (Fsp3) is 0.542. The summed E-state index contributed by atoms with van der Waals surface area (Å²) in [6.07, 6.45) is 4.07. The Labute approximate surface area is 222 Å². The number of ether oxygens (including phenoxy) is 2. The monoisotopic (exact) mass is 549 g/mol. The number of aromatic nitrogens is 6. The molecule has 4 rings (SSSR count). The van der Waals surface area contributed by atoms with Gasteiger partial charge in [0.1, 0.15) is 23.4 Å². The normalized spacial score (nSPS) is 18.1. The first-order valence-electron chi connectivity index (χ1n) is 12.2. The summed E-state index contributed by atoms with van der Waals surface area (Å²) in [4.78, 5) is 15.2. The van der Waals surface area contributed by atoms with E-state index in [1.165, 1.54) is 19.5 Å². The van der Waals surface area contributed by atoms with Gasteiger partial charge in [-0.1, -0.05) is 24.6 Å². The zero-order valence-corrected chi connectivity index (χ0v) is 23.0. The topological polar surface area (TPSA) is 125 Å². The first kappa shape index (κ1) is 27.4. The van der Waals surface area contributed by atoms with E-state index in [1.54, 1.807) is 20.1 Å². The summed E-state index contributed by atoms with van der Waals surface area (Å²) in [6, 6.07) is 5.63. The van der Waals surface area contributed by atoms with Gasteiger partial charge in [-0.15, -0.1) is 10.2 Å². The van der Waals surface area contributed by atoms with Crippen molar-refractivity contribution in [3.63, 3.8) is 0 Å². The third-order valence-electron chi connectivity index (χ3n) is 6.76. The Morgan fingerprint density at radius 1 is 1.19 bits per heavy atom. The van der Waals surface area contributed by atoms with Crippen LogP contribution in [-0.4, -0.2) is 81.6 Å². The Hall–Kier alpha value is -2.67. The molecule has 3 atom stereocenters. The minimum atomic E-state index is -3.76. The first-order chi connectivity index (χ1) is 17.8. The highest BCUT2D eigenvalue weighted by molar-refractivity contribution is 7.91. The van der Waals surface area contributed by atoms with E-state index in [9.17, 15) is 8.42 Å². The van der Waals surface area contributed by atoms with Crippen LogP contribution in [0.1, 0.15) is 44.4 Å². The van der Waals surface area contributed by atoms with Gasteiger partial charge in [0.2, 0.25) is 5.88 Å². The van der Waals surface area contributed by atoms with Gasteiger partial charge in [0.15, 0.2) is 21.5 Å². The first-order valence-corrected chi connectivity index (χ1v) is 14.3. The summed E-state index contributed by atoms with van der Waals surface area (Å²) in [6.45, 7) is 6.20. The second-order valence-corrected chi connectivity index (χ2v) is 11.8. The van der Waals surface area contributed by atoms with Crippen LogP contribution in [0.3, 0.4) is 0 Å². The van der Waals surface area contributed by atoms with Gasteiger partial charge in [-0.2, -0.15) is 0 Å². The number of hydrogen-bond donors (Lipinski definition) is 0. The molecule has 13 heteroatoms. The zero-order chi connectivity index (χ0) is 26.6. The van der Waals surface area contributed by atoms with Crippen molar-refractivity contribution in [1.29, 1.82) is 0 Å². The van der Waals surface area contributed by atoms with Crippen molar-refractivity contribution < 1.29 is 17.9 Å². The Balaban J connectivity index is 1.68. The summed E-state index contributed by atoms with van der Waals surface area (Å²) in [5.74, 6) is 1.22. The van der Waals surface area contributed by atoms with Crippen LogP contribution < -0.4 is 4.74 Å². The molecule has 0 aromatic carbocycles. The number of halogens is 1. The second-order valence-electron chi connectivity index (χ2n) is 8.97. The summed E-state index contributed by atoms with van der Waals surface area (Å²) in [7, 11) is -0.780. The maximum absolute atomic E-state index is 13.6. The van der Waals surface area contributed by atoms with E-state index in [4.69, 9.17) is 21.1 Å². The van der Waals surface area contributed by atoms with Crippen molar-refractivity contribution in [2.75, 3.05) is 27.3 Å². The molecule has 1 aliphatic heterocycles. The number of sulfone groups is 1. The lowest BCUT2D eigenvalue weighted by Crippen LogP contribution is -2.34. The molecule has 0 radical (unpaired) electrons. The quantitative estimate of drug-likeness (QED) is 0.352. The van der Waals surface area contributed by atoms with Crippen LogP contribution in [0.15, 0.2) is 30.6 Å². The zero-order valence-electron chi connectivity index (χ0n) is 21.4. The van der Waals surface area contributed by atoms with E-state index in [-0.39, 0.29) is 17.6 Å². The Kier molecular flexibility index (Phi) is 8.73. The molecular formula is C24H32ClN7O4S. The van der Waals surface area contributed by atoms with Gasteiger partial charge in [0, 0.05) is 38.2 Å². The molecule has 3 aromatic heterocycles. The molecule has 0 aliphatic carbocycles. The van der Waals surface area contributed by atoms with Crippen molar-refractivity contribution in [1.82, 2.24) is 34.6 Å². The van der Waals surface area contributed by atoms with Crippen molar-refractivity contribution in [2.24, 2.45) is 0 Å². The molecule has 1 saturated heterocycles. The molecule has 11 nitrogen and oxygen atoms in total. The smallest absolute Gasteiger partial charge is 0.213 e. The largest absolute Gasteiger partial charge is 0.481 e. The number of likely N-dealkylation sites (N-methyl/N-ethyl adjacent to an activating group) is 1. The highest BCUT2D eigenvalue weighted by Gasteiger charge is 2.35. The highest BCUT2D eigenvalue weighted by atomic mass is 35.5. The van der Waals surface area contributed by atoms with Crippen LogP contribution >= 0.6 is 11.6 Å². The standard InChI is InChI=1S/C24H32ClN7O4S/c1-5-31-11-7-8-18(31)14-32-20(29-30-24(32)19-9-6-10-21(28-19)35-3)15-37(33,34)16(2)22(36-4)23-26-12-17(25)13-27-23/h6,9-10,12-13,16,18,22H,5,7-8,11,14-15H2,1-4H3/t16-,18-,22-/m0/s1. The molecule has 37 heavy (non-hydrogen) atoms. The van der Waals surface area contributed by atoms with Crippen LogP contribution in [0, 0.1) is 0 Å². The maximum Gasteiger partial charge on any atom is 0.213 e. The molecule has 3 aromatic rings. The third-order valence-corrected chi connectivity index (χ3v) is 9.00. The molecule has 1 fully saturated rings. The predicted molar refractivity (Wildman–Crippen MR) is 139 cm³/mol. The molecule has 0 saturated carbocycles. The molecule has 0 amide bonds. The maximum atomic E-state index is 13.6. The van der Waals surface area contributed by atoms with E-state index < -0.39 is 21.2 Å². The molecule has 1 aliphatic rings. The Morgan fingerprint density at radius 2 is 1.95 bits per heavy atom. The van der Waals surface area contributed by atoms with Gasteiger partial charge >= 0.3 is 0 Å². The van der Waals surface area contributed by atoms with Crippen molar-refractivity contribution in [3.8, 4) is 17.4 Å². The van der Waals surface area contributed by atoms with Crippen LogP contribution in [0.4, 0.5) is 0 Å². The van der Waals surface area contributed by atoms with E-state index in [0.717, 1.165) is 25.9 Å². The van der Waals surface area contributed by atoms with Gasteiger partial charge in [0.05, 0.1) is 17.4 Å². The molecule has 0 N–H and O–H groups in total. The lowest BCUT2D eigenvalue weighted by Gasteiger charge is -2.25. The lowest BCUT2D eigenvalue weighted by atomic mass is 10.2. The average Bonchev–Trinajstić information content (AvgIpc) is 3.52. The van der Waals surface area contributed by atoms with Crippen LogP contribution in [-0.2, 0) is 26.9 Å². The van der Waals surface area contributed by atoms with Gasteiger partial charge in [-0.3, -0.25) is 4.90 Å². The Bertz CT molecular complexity index is 1300. The summed E-state index contributed by atoms with van der Waals surface area (Å²) < 4.78 is 39.9. The van der Waals surface area contributed by atoms with Crippen molar-refractivity contribution in [2.45, 2.75) is 56.4 Å². The fourth-order valence-corrected chi connectivity index (χ4v) is 6.22. The molecule has 0 unspecified atom stereocenters. The molecule has 0 bridgehead atoms. The fourth-order valence-electron chi connectivity index (χ4n) is 4.68. The van der Waals surface area contributed by atoms with E-state index in [1.807, 2.05) is 16.7 Å². The van der Waals surface area contributed by atoms with Crippen molar-refractivity contribution >= 4 is 21.4 Å². The Morgan fingerprint density at radius 3 is 2.62 bits per heavy atom. The summed E-state index contributed by atoms with van der Waals surface area (Å²) in [5.41, 5.74) is 0.564. The molecule has 4 heterocycles. The average molecular weight is 550 g/mol. The number of rotatable bonds is 11. The lowest BCUT2D eigenvalue weighted by molar-refractivity contribution is 0.0948. The number of nitrogens with zero attached hydrogens (tertiary/aromatic N) is 7. The van der Waals surface area contributed by atoms with Gasteiger partial charge in [0.25, 0.3) is 0 Å². The van der Waals surface area contributed by atoms with Gasteiger partial charge in [-0.25, -0.2) is 23.4 Å². The number of hydrogen-bond acceptors (Lipinski definition) is 10. The molecular weight excluding hydrogens is 518 g/mol. The van der Waals surface area contributed by atoms with E-state index in [2.05, 4.69) is 37.0 Å². The predicted octanol–water partition coefficient (Wildman–Crippen LogP) is 2.97. The number of pyridine rings is 1. The summed E-state index contributed by atoms with van der Waals surface area (Å²) in [5, 5.41) is 8.11. The molecule has 0 spiro atoms. The molecule has 200 valence electrons. The minimum absolute atomic E-state index is 0.246. The van der Waals surface area contributed by atoms with Crippen LogP contribution in [0.5, 0.6) is 5.88 Å². The van der Waals surface area contributed by atoms with Gasteiger partial charge < -0.3 is 14.0 Å². The van der Waals surface area contributed by atoms with Crippen LogP contribution in [0.25, 0.3) is 11.5 Å². The number of likely N-dealkylation sites (tertiary alicyclic amines) is 1.